The Bertz CT molecular complexity index is 1070. The van der Waals surface area contributed by atoms with Crippen molar-refractivity contribution >= 4 is 52.1 Å². The van der Waals surface area contributed by atoms with Gasteiger partial charge in [-0.15, -0.1) is 0 Å². The second-order valence-corrected chi connectivity index (χ2v) is 10.1. The van der Waals surface area contributed by atoms with E-state index in [9.17, 15) is 5.11 Å². The molecule has 0 spiro atoms. The van der Waals surface area contributed by atoms with E-state index in [0.29, 0.717) is 26.6 Å². The van der Waals surface area contributed by atoms with Crippen LogP contribution in [-0.4, -0.2) is 36.2 Å². The van der Waals surface area contributed by atoms with Crippen LogP contribution in [0.5, 0.6) is 0 Å². The molecule has 0 radical (unpaired) electrons. The van der Waals surface area contributed by atoms with E-state index in [1.54, 1.807) is 6.07 Å². The number of anilines is 1. The second-order valence-electron chi connectivity index (χ2n) is 8.37. The Labute approximate surface area is 209 Å². The molecule has 2 atom stereocenters. The minimum Gasteiger partial charge on any atom is -0.384 e. The molecule has 3 aromatic carbocycles. The maximum Gasteiger partial charge on any atom is 0.0994 e. The van der Waals surface area contributed by atoms with Gasteiger partial charge in [-0.25, -0.2) is 0 Å². The predicted molar refractivity (Wildman–Crippen MR) is 135 cm³/mol. The number of hydrogen-bond donors (Lipinski definition) is 1. The van der Waals surface area contributed by atoms with Gasteiger partial charge in [0.25, 0.3) is 0 Å². The summed E-state index contributed by atoms with van der Waals surface area (Å²) in [5.74, 6) is 0. The summed E-state index contributed by atoms with van der Waals surface area (Å²) in [6.07, 6.45) is 0. The molecule has 1 aliphatic rings. The molecule has 1 heterocycles. The Morgan fingerprint density at radius 2 is 1.44 bits per heavy atom. The number of aliphatic hydroxyl groups is 1. The molecule has 168 valence electrons. The van der Waals surface area contributed by atoms with Crippen LogP contribution in [0.2, 0.25) is 20.1 Å². The molecule has 3 nitrogen and oxygen atoms in total. The lowest BCUT2D eigenvalue weighted by molar-refractivity contribution is 0.0103. The van der Waals surface area contributed by atoms with Gasteiger partial charge in [-0.3, -0.25) is 4.90 Å². The van der Waals surface area contributed by atoms with Crippen molar-refractivity contribution < 1.29 is 5.11 Å². The number of piperazine rings is 1. The van der Waals surface area contributed by atoms with Gasteiger partial charge in [0.15, 0.2) is 0 Å². The van der Waals surface area contributed by atoms with E-state index in [0.717, 1.165) is 36.4 Å². The van der Waals surface area contributed by atoms with Gasteiger partial charge in [-0.2, -0.15) is 0 Å². The zero-order valence-electron chi connectivity index (χ0n) is 17.6. The molecule has 0 unspecified atom stereocenters. The van der Waals surface area contributed by atoms with Crippen LogP contribution in [-0.2, 0) is 5.60 Å². The van der Waals surface area contributed by atoms with Crippen molar-refractivity contribution in [2.24, 2.45) is 0 Å². The zero-order chi connectivity index (χ0) is 22.9. The smallest absolute Gasteiger partial charge is 0.0994 e. The van der Waals surface area contributed by atoms with E-state index in [1.807, 2.05) is 67.6 Å². The zero-order valence-corrected chi connectivity index (χ0v) is 20.6. The average Bonchev–Trinajstić information content (AvgIpc) is 2.75. The molecule has 0 amide bonds. The van der Waals surface area contributed by atoms with Crippen LogP contribution in [0.1, 0.15) is 24.1 Å². The van der Waals surface area contributed by atoms with E-state index < -0.39 is 5.60 Å². The van der Waals surface area contributed by atoms with Crippen molar-refractivity contribution in [3.63, 3.8) is 0 Å². The lowest BCUT2D eigenvalue weighted by Gasteiger charge is -2.45. The van der Waals surface area contributed by atoms with Crippen LogP contribution in [0.25, 0.3) is 0 Å². The molecular weight excluding hydrogens is 486 g/mol. The lowest BCUT2D eigenvalue weighted by Crippen LogP contribution is -2.52. The number of hydrogen-bond acceptors (Lipinski definition) is 3. The van der Waals surface area contributed by atoms with E-state index in [-0.39, 0.29) is 6.04 Å². The highest BCUT2D eigenvalue weighted by molar-refractivity contribution is 6.36. The first-order chi connectivity index (χ1) is 15.2. The Morgan fingerprint density at radius 3 is 2.06 bits per heavy atom. The van der Waals surface area contributed by atoms with Crippen LogP contribution < -0.4 is 4.90 Å². The topological polar surface area (TPSA) is 26.7 Å². The molecule has 0 bridgehead atoms. The summed E-state index contributed by atoms with van der Waals surface area (Å²) < 4.78 is 0. The average molecular weight is 510 g/mol. The highest BCUT2D eigenvalue weighted by Gasteiger charge is 2.34. The number of β-amino-alcohol motifs (C(OH)–C–C–N with tert-alkyl or cyclic N) is 1. The quantitative estimate of drug-likeness (QED) is 0.398. The molecule has 7 heteroatoms. The first-order valence-electron chi connectivity index (χ1n) is 10.4. The van der Waals surface area contributed by atoms with Crippen molar-refractivity contribution in [3.05, 3.63) is 97.9 Å². The third-order valence-electron chi connectivity index (χ3n) is 5.94. The standard InChI is InChI=1S/C25H24Cl4N2O/c1-25(32,18-4-8-20(27)9-5-18)16-30-12-13-31(23-11-10-21(28)14-22(23)29)24(15-30)17-2-6-19(26)7-3-17/h2-11,14,24,32H,12-13,15-16H2,1H3/t24-,25-/m0/s1. The number of halogens is 4. The van der Waals surface area contributed by atoms with Gasteiger partial charge in [-0.1, -0.05) is 70.7 Å². The van der Waals surface area contributed by atoms with Crippen molar-refractivity contribution in [2.45, 2.75) is 18.6 Å². The largest absolute Gasteiger partial charge is 0.384 e. The minimum absolute atomic E-state index is 0.0423. The number of benzene rings is 3. The van der Waals surface area contributed by atoms with E-state index in [1.165, 1.54) is 0 Å². The van der Waals surface area contributed by atoms with Crippen LogP contribution in [0.3, 0.4) is 0 Å². The summed E-state index contributed by atoms with van der Waals surface area (Å²) in [7, 11) is 0. The Balaban J connectivity index is 1.61. The van der Waals surface area contributed by atoms with E-state index in [4.69, 9.17) is 46.4 Å². The summed E-state index contributed by atoms with van der Waals surface area (Å²) >= 11 is 24.9. The third-order valence-corrected chi connectivity index (χ3v) is 6.98. The summed E-state index contributed by atoms with van der Waals surface area (Å²) in [6.45, 7) is 4.61. The normalized spacial score (nSPS) is 19.1. The summed E-state index contributed by atoms with van der Waals surface area (Å²) in [4.78, 5) is 4.59. The summed E-state index contributed by atoms with van der Waals surface area (Å²) in [5, 5.41) is 13.8. The van der Waals surface area contributed by atoms with Crippen LogP contribution >= 0.6 is 46.4 Å². The first kappa shape index (κ1) is 23.7. The van der Waals surface area contributed by atoms with E-state index >= 15 is 0 Å². The first-order valence-corrected chi connectivity index (χ1v) is 11.9. The molecule has 1 saturated heterocycles. The summed E-state index contributed by atoms with van der Waals surface area (Å²) in [5.41, 5.74) is 1.92. The monoisotopic (exact) mass is 508 g/mol. The predicted octanol–water partition coefficient (Wildman–Crippen LogP) is 7.07. The number of nitrogens with zero attached hydrogens (tertiary/aromatic N) is 2. The Kier molecular flexibility index (Phi) is 7.26. The molecule has 3 aromatic rings. The highest BCUT2D eigenvalue weighted by Crippen LogP contribution is 2.37. The fourth-order valence-electron chi connectivity index (χ4n) is 4.29. The molecule has 0 aliphatic carbocycles. The van der Waals surface area contributed by atoms with Gasteiger partial charge < -0.3 is 10.0 Å². The molecule has 0 aromatic heterocycles. The van der Waals surface area contributed by atoms with Gasteiger partial charge >= 0.3 is 0 Å². The van der Waals surface area contributed by atoms with Gasteiger partial charge in [0.05, 0.1) is 22.4 Å². The summed E-state index contributed by atoms with van der Waals surface area (Å²) in [6, 6.07) is 20.9. The van der Waals surface area contributed by atoms with Gasteiger partial charge in [0, 0.05) is 41.2 Å². The van der Waals surface area contributed by atoms with Crippen LogP contribution in [0, 0.1) is 0 Å². The molecule has 1 aliphatic heterocycles. The number of rotatable bonds is 5. The van der Waals surface area contributed by atoms with E-state index in [2.05, 4.69) is 9.80 Å². The fraction of sp³-hybridized carbons (Fsp3) is 0.280. The Morgan fingerprint density at radius 1 is 0.844 bits per heavy atom. The fourth-order valence-corrected chi connectivity index (χ4v) is 5.06. The molecule has 1 fully saturated rings. The van der Waals surface area contributed by atoms with Crippen molar-refractivity contribution in [3.8, 4) is 0 Å². The van der Waals surface area contributed by atoms with Crippen molar-refractivity contribution in [2.75, 3.05) is 31.1 Å². The SMILES string of the molecule is C[C@](O)(CN1CCN(c2ccc(Cl)cc2Cl)[C@H](c2ccc(Cl)cc2)C1)c1ccc(Cl)cc1. The van der Waals surface area contributed by atoms with Crippen LogP contribution in [0.15, 0.2) is 66.7 Å². The van der Waals surface area contributed by atoms with Crippen molar-refractivity contribution in [1.82, 2.24) is 4.90 Å². The molecule has 4 rings (SSSR count). The van der Waals surface area contributed by atoms with Crippen LogP contribution in [0.4, 0.5) is 5.69 Å². The third kappa shape index (κ3) is 5.36. The lowest BCUT2D eigenvalue weighted by atomic mass is 9.94. The Hall–Kier alpha value is -1.46. The molecule has 32 heavy (non-hydrogen) atoms. The van der Waals surface area contributed by atoms with Gasteiger partial charge in [0.1, 0.15) is 0 Å². The molecule has 0 saturated carbocycles. The van der Waals surface area contributed by atoms with Crippen molar-refractivity contribution in [1.29, 1.82) is 0 Å². The highest BCUT2D eigenvalue weighted by atomic mass is 35.5. The second kappa shape index (κ2) is 9.80. The minimum atomic E-state index is -1.00. The van der Waals surface area contributed by atoms with Gasteiger partial charge in [-0.05, 0) is 60.5 Å². The maximum absolute atomic E-state index is 11.2. The molecule has 1 N–H and O–H groups in total. The maximum atomic E-state index is 11.2. The van der Waals surface area contributed by atoms with Gasteiger partial charge in [0.2, 0.25) is 0 Å². The molecular formula is C25H24Cl4N2O.